The average Bonchev–Trinajstić information content (AvgIpc) is 3.16. The van der Waals surface area contributed by atoms with Gasteiger partial charge in [0.2, 0.25) is 5.89 Å². The van der Waals surface area contributed by atoms with Crippen molar-refractivity contribution < 1.29 is 13.6 Å². The second-order valence-corrected chi connectivity index (χ2v) is 6.14. The van der Waals surface area contributed by atoms with E-state index in [1.54, 1.807) is 6.07 Å². The number of benzene rings is 1. The lowest BCUT2D eigenvalue weighted by Gasteiger charge is -2.04. The molecular formula is C16H14FN3O2S. The number of carbonyl (C=O) groups is 1. The summed E-state index contributed by atoms with van der Waals surface area (Å²) in [6, 6.07) is 7.12. The fourth-order valence-corrected chi connectivity index (χ4v) is 2.70. The zero-order valence-corrected chi connectivity index (χ0v) is 13.4. The monoisotopic (exact) mass is 331 g/mol. The largest absolute Gasteiger partial charge is 0.420 e. The molecule has 118 valence electrons. The van der Waals surface area contributed by atoms with Crippen molar-refractivity contribution >= 4 is 22.9 Å². The van der Waals surface area contributed by atoms with E-state index in [1.807, 2.05) is 19.2 Å². The predicted octanol–water partition coefficient (Wildman–Crippen LogP) is 4.31. The van der Waals surface area contributed by atoms with E-state index in [2.05, 4.69) is 15.5 Å². The Morgan fingerprint density at radius 2 is 1.96 bits per heavy atom. The van der Waals surface area contributed by atoms with E-state index in [1.165, 1.54) is 35.6 Å². The summed E-state index contributed by atoms with van der Waals surface area (Å²) in [5.41, 5.74) is 0.959. The standard InChI is InChI=1S/C16H14FN3O2S/c1-9(2)15-19-20-16(22-15)13-12(7-8-23-13)18-14(21)10-3-5-11(17)6-4-10/h3-9H,1-2H3,(H,18,21). The minimum atomic E-state index is -0.384. The molecule has 0 aliphatic carbocycles. The van der Waals surface area contributed by atoms with Crippen LogP contribution in [0, 0.1) is 5.82 Å². The molecule has 3 aromatic rings. The fraction of sp³-hybridized carbons (Fsp3) is 0.188. The molecule has 0 saturated carbocycles. The molecule has 0 spiro atoms. The number of nitrogens with one attached hydrogen (secondary N) is 1. The number of anilines is 1. The number of halogens is 1. The van der Waals surface area contributed by atoms with Gasteiger partial charge in [0.05, 0.1) is 5.69 Å². The van der Waals surface area contributed by atoms with E-state index < -0.39 is 0 Å². The molecule has 0 bridgehead atoms. The van der Waals surface area contributed by atoms with Crippen LogP contribution >= 0.6 is 11.3 Å². The maximum absolute atomic E-state index is 12.9. The van der Waals surface area contributed by atoms with Crippen molar-refractivity contribution in [2.24, 2.45) is 0 Å². The lowest BCUT2D eigenvalue weighted by molar-refractivity contribution is 0.102. The lowest BCUT2D eigenvalue weighted by atomic mass is 10.2. The van der Waals surface area contributed by atoms with Crippen LogP contribution < -0.4 is 5.32 Å². The third-order valence-corrected chi connectivity index (χ3v) is 4.05. The molecule has 0 atom stereocenters. The number of hydrogen-bond donors (Lipinski definition) is 1. The Balaban J connectivity index is 1.83. The topological polar surface area (TPSA) is 68.0 Å². The number of aromatic nitrogens is 2. The Morgan fingerprint density at radius 3 is 2.61 bits per heavy atom. The summed E-state index contributed by atoms with van der Waals surface area (Å²) in [7, 11) is 0. The van der Waals surface area contributed by atoms with Crippen LogP contribution in [0.1, 0.15) is 36.0 Å². The molecular weight excluding hydrogens is 317 g/mol. The van der Waals surface area contributed by atoms with Gasteiger partial charge in [-0.25, -0.2) is 4.39 Å². The normalized spacial score (nSPS) is 11.0. The molecule has 0 radical (unpaired) electrons. The number of hydrogen-bond acceptors (Lipinski definition) is 5. The number of carbonyl (C=O) groups excluding carboxylic acids is 1. The summed E-state index contributed by atoms with van der Waals surface area (Å²) in [6.07, 6.45) is 0. The molecule has 0 unspecified atom stereocenters. The highest BCUT2D eigenvalue weighted by Crippen LogP contribution is 2.33. The van der Waals surface area contributed by atoms with Gasteiger partial charge in [0.25, 0.3) is 11.8 Å². The number of thiophene rings is 1. The smallest absolute Gasteiger partial charge is 0.259 e. The van der Waals surface area contributed by atoms with E-state index in [-0.39, 0.29) is 17.6 Å². The van der Waals surface area contributed by atoms with E-state index >= 15 is 0 Å². The molecule has 2 heterocycles. The minimum Gasteiger partial charge on any atom is -0.420 e. The van der Waals surface area contributed by atoms with Gasteiger partial charge in [0.15, 0.2) is 0 Å². The van der Waals surface area contributed by atoms with Gasteiger partial charge in [-0.3, -0.25) is 4.79 Å². The van der Waals surface area contributed by atoms with Crippen LogP contribution in [0.4, 0.5) is 10.1 Å². The van der Waals surface area contributed by atoms with Crippen LogP contribution in [0.25, 0.3) is 10.8 Å². The Labute approximate surface area is 136 Å². The second-order valence-electron chi connectivity index (χ2n) is 5.22. The Bertz CT molecular complexity index is 824. The third kappa shape index (κ3) is 3.29. The SMILES string of the molecule is CC(C)c1nnc(-c2sccc2NC(=O)c2ccc(F)cc2)o1. The van der Waals surface area contributed by atoms with E-state index in [4.69, 9.17) is 4.42 Å². The van der Waals surface area contributed by atoms with Gasteiger partial charge < -0.3 is 9.73 Å². The number of amides is 1. The van der Waals surface area contributed by atoms with Crippen molar-refractivity contribution in [1.82, 2.24) is 10.2 Å². The zero-order chi connectivity index (χ0) is 16.4. The first-order chi connectivity index (χ1) is 11.0. The fourth-order valence-electron chi connectivity index (χ4n) is 1.93. The summed E-state index contributed by atoms with van der Waals surface area (Å²) in [4.78, 5) is 12.9. The van der Waals surface area contributed by atoms with Gasteiger partial charge in [-0.1, -0.05) is 13.8 Å². The van der Waals surface area contributed by atoms with Crippen LogP contribution in [0.3, 0.4) is 0 Å². The molecule has 23 heavy (non-hydrogen) atoms. The molecule has 0 fully saturated rings. The average molecular weight is 331 g/mol. The van der Waals surface area contributed by atoms with Crippen molar-refractivity contribution in [1.29, 1.82) is 0 Å². The minimum absolute atomic E-state index is 0.133. The van der Waals surface area contributed by atoms with Crippen molar-refractivity contribution in [3.05, 3.63) is 53.0 Å². The molecule has 1 N–H and O–H groups in total. The molecule has 3 rings (SSSR count). The van der Waals surface area contributed by atoms with Gasteiger partial charge in [-0.2, -0.15) is 0 Å². The zero-order valence-electron chi connectivity index (χ0n) is 12.5. The molecule has 1 aromatic carbocycles. The summed E-state index contributed by atoms with van der Waals surface area (Å²) < 4.78 is 18.5. The number of nitrogens with zero attached hydrogens (tertiary/aromatic N) is 2. The summed E-state index contributed by atoms with van der Waals surface area (Å²) in [5, 5.41) is 12.6. The second kappa shape index (κ2) is 6.29. The quantitative estimate of drug-likeness (QED) is 0.773. The first-order valence-corrected chi connectivity index (χ1v) is 7.90. The van der Waals surface area contributed by atoms with E-state index in [9.17, 15) is 9.18 Å². The molecule has 5 nitrogen and oxygen atoms in total. The van der Waals surface area contributed by atoms with Crippen LogP contribution in [0.5, 0.6) is 0 Å². The lowest BCUT2D eigenvalue weighted by Crippen LogP contribution is -2.11. The predicted molar refractivity (Wildman–Crippen MR) is 86.1 cm³/mol. The van der Waals surface area contributed by atoms with Crippen molar-refractivity contribution in [3.8, 4) is 10.8 Å². The van der Waals surface area contributed by atoms with Crippen molar-refractivity contribution in [2.75, 3.05) is 5.32 Å². The highest BCUT2D eigenvalue weighted by Gasteiger charge is 2.17. The van der Waals surface area contributed by atoms with Gasteiger partial charge in [-0.15, -0.1) is 21.5 Å². The number of rotatable bonds is 4. The molecule has 0 aliphatic rings. The van der Waals surface area contributed by atoms with Gasteiger partial charge >= 0.3 is 0 Å². The Morgan fingerprint density at radius 1 is 1.22 bits per heavy atom. The summed E-state index contributed by atoms with van der Waals surface area (Å²) in [5.74, 6) is 0.342. The maximum atomic E-state index is 12.9. The van der Waals surface area contributed by atoms with Crippen LogP contribution in [-0.2, 0) is 0 Å². The molecule has 0 saturated heterocycles. The molecule has 1 amide bonds. The Kier molecular flexibility index (Phi) is 4.20. The van der Waals surface area contributed by atoms with E-state index in [0.29, 0.717) is 27.9 Å². The van der Waals surface area contributed by atoms with Crippen LogP contribution in [0.15, 0.2) is 40.1 Å². The van der Waals surface area contributed by atoms with Gasteiger partial charge in [-0.05, 0) is 35.7 Å². The van der Waals surface area contributed by atoms with Crippen molar-refractivity contribution in [2.45, 2.75) is 19.8 Å². The third-order valence-electron chi connectivity index (χ3n) is 3.15. The highest BCUT2D eigenvalue weighted by atomic mass is 32.1. The Hall–Kier alpha value is -2.54. The van der Waals surface area contributed by atoms with Gasteiger partial charge in [0, 0.05) is 11.5 Å². The summed E-state index contributed by atoms with van der Waals surface area (Å²) in [6.45, 7) is 3.92. The highest BCUT2D eigenvalue weighted by molar-refractivity contribution is 7.14. The summed E-state index contributed by atoms with van der Waals surface area (Å²) >= 11 is 1.40. The van der Waals surface area contributed by atoms with Crippen LogP contribution in [-0.4, -0.2) is 16.1 Å². The van der Waals surface area contributed by atoms with Crippen molar-refractivity contribution in [3.63, 3.8) is 0 Å². The molecule has 7 heteroatoms. The first kappa shape index (κ1) is 15.4. The maximum Gasteiger partial charge on any atom is 0.259 e. The van der Waals surface area contributed by atoms with E-state index in [0.717, 1.165) is 0 Å². The molecule has 0 aliphatic heterocycles. The molecule has 2 aromatic heterocycles. The van der Waals surface area contributed by atoms with Crippen LogP contribution in [0.2, 0.25) is 0 Å². The van der Waals surface area contributed by atoms with Gasteiger partial charge in [0.1, 0.15) is 10.7 Å². The first-order valence-electron chi connectivity index (χ1n) is 7.03.